The van der Waals surface area contributed by atoms with E-state index in [0.29, 0.717) is 5.02 Å². The lowest BCUT2D eigenvalue weighted by atomic mass is 10.2. The number of carbonyl (C=O) groups is 1. The molecule has 1 rings (SSSR count). The van der Waals surface area contributed by atoms with Crippen molar-refractivity contribution in [2.45, 2.75) is 0 Å². The molecule has 68 valence electrons. The van der Waals surface area contributed by atoms with Gasteiger partial charge in [-0.1, -0.05) is 39.4 Å². The van der Waals surface area contributed by atoms with E-state index in [2.05, 4.69) is 0 Å². The highest BCUT2D eigenvalue weighted by Crippen LogP contribution is 2.31. The molecular formula is C7H3Cl3O2P+. The van der Waals surface area contributed by atoms with Gasteiger partial charge in [0.25, 0.3) is 0 Å². The van der Waals surface area contributed by atoms with Crippen LogP contribution in [0.4, 0.5) is 0 Å². The van der Waals surface area contributed by atoms with Crippen LogP contribution in [0.5, 0.6) is 0 Å². The quantitative estimate of drug-likeness (QED) is 0.754. The van der Waals surface area contributed by atoms with Crippen LogP contribution in [0.1, 0.15) is 10.4 Å². The van der Waals surface area contributed by atoms with E-state index in [1.54, 1.807) is 0 Å². The SMILES string of the molecule is O=[PH+]C(=O)c1c(Cl)cc(Cl)cc1Cl. The molecule has 0 bridgehead atoms. The molecule has 1 aromatic rings. The summed E-state index contributed by atoms with van der Waals surface area (Å²) >= 11 is 17.0. The van der Waals surface area contributed by atoms with Gasteiger partial charge < -0.3 is 0 Å². The van der Waals surface area contributed by atoms with E-state index in [0.717, 1.165) is 0 Å². The monoisotopic (exact) mass is 255 g/mol. The van der Waals surface area contributed by atoms with E-state index in [1.165, 1.54) is 12.1 Å². The summed E-state index contributed by atoms with van der Waals surface area (Å²) in [5, 5.41) is 0.567. The molecule has 0 heterocycles. The van der Waals surface area contributed by atoms with E-state index in [4.69, 9.17) is 34.8 Å². The van der Waals surface area contributed by atoms with Crippen LogP contribution in [-0.2, 0) is 4.57 Å². The Kier molecular flexibility index (Phi) is 3.69. The van der Waals surface area contributed by atoms with Gasteiger partial charge in [0.15, 0.2) is 0 Å². The maximum absolute atomic E-state index is 11.1. The highest BCUT2D eigenvalue weighted by atomic mass is 35.5. The second kappa shape index (κ2) is 4.39. The van der Waals surface area contributed by atoms with Gasteiger partial charge in [0.05, 0.1) is 10.0 Å². The number of halogens is 3. The van der Waals surface area contributed by atoms with Crippen molar-refractivity contribution in [3.05, 3.63) is 32.8 Å². The lowest BCUT2D eigenvalue weighted by Crippen LogP contribution is -1.92. The molecule has 0 aromatic heterocycles. The van der Waals surface area contributed by atoms with Gasteiger partial charge in [-0.05, 0) is 12.1 Å². The Balaban J connectivity index is 3.36. The molecule has 0 saturated heterocycles. The third-order valence-electron chi connectivity index (χ3n) is 1.33. The summed E-state index contributed by atoms with van der Waals surface area (Å²) in [5.74, 6) is 0. The molecule has 1 aromatic carbocycles. The van der Waals surface area contributed by atoms with Crippen LogP contribution in [0, 0.1) is 0 Å². The Labute approximate surface area is 91.0 Å². The van der Waals surface area contributed by atoms with E-state index in [1.807, 2.05) is 0 Å². The standard InChI is InChI=1S/C7H2Cl3O2P/c8-3-1-4(9)6(5(10)2-3)7(11)13-12/h1-2H/p+1. The molecule has 13 heavy (non-hydrogen) atoms. The van der Waals surface area contributed by atoms with Gasteiger partial charge >= 0.3 is 14.0 Å². The summed E-state index contributed by atoms with van der Waals surface area (Å²) in [7, 11) is -1.10. The lowest BCUT2D eigenvalue weighted by molar-refractivity contribution is 0.108. The molecule has 0 amide bonds. The van der Waals surface area contributed by atoms with Gasteiger partial charge in [0.1, 0.15) is 5.56 Å². The van der Waals surface area contributed by atoms with Crippen LogP contribution in [0.3, 0.4) is 0 Å². The normalized spacial score (nSPS) is 10.4. The predicted molar refractivity (Wildman–Crippen MR) is 54.8 cm³/mol. The first kappa shape index (κ1) is 10.9. The minimum absolute atomic E-state index is 0.0565. The Morgan fingerprint density at radius 1 is 1.15 bits per heavy atom. The van der Waals surface area contributed by atoms with E-state index >= 15 is 0 Å². The van der Waals surface area contributed by atoms with E-state index in [-0.39, 0.29) is 15.6 Å². The predicted octanol–water partition coefficient (Wildman–Crippen LogP) is 3.81. The second-order valence-corrected chi connectivity index (χ2v) is 4.08. The summed E-state index contributed by atoms with van der Waals surface area (Å²) in [6.07, 6.45) is 0. The summed E-state index contributed by atoms with van der Waals surface area (Å²) in [6.45, 7) is 0. The molecule has 0 aliphatic carbocycles. The summed E-state index contributed by atoms with van der Waals surface area (Å²) < 4.78 is 10.3. The Morgan fingerprint density at radius 3 is 2.00 bits per heavy atom. The average molecular weight is 256 g/mol. The maximum atomic E-state index is 11.1. The van der Waals surface area contributed by atoms with Crippen LogP contribution >= 0.6 is 43.3 Å². The third-order valence-corrected chi connectivity index (χ3v) is 2.58. The fraction of sp³-hybridized carbons (Fsp3) is 0. The highest BCUT2D eigenvalue weighted by Gasteiger charge is 2.21. The molecule has 0 saturated carbocycles. The number of rotatable bonds is 2. The number of hydrogen-bond donors (Lipinski definition) is 0. The summed E-state index contributed by atoms with van der Waals surface area (Å²) in [6, 6.07) is 2.75. The molecule has 0 radical (unpaired) electrons. The van der Waals surface area contributed by atoms with Gasteiger partial charge in [0.2, 0.25) is 0 Å². The maximum Gasteiger partial charge on any atom is 0.406 e. The number of carbonyl (C=O) groups excluding carboxylic acids is 1. The van der Waals surface area contributed by atoms with Crippen LogP contribution in [0.2, 0.25) is 15.1 Å². The van der Waals surface area contributed by atoms with Crippen molar-refractivity contribution < 1.29 is 9.36 Å². The highest BCUT2D eigenvalue weighted by molar-refractivity contribution is 7.47. The van der Waals surface area contributed by atoms with Crippen LogP contribution < -0.4 is 0 Å². The van der Waals surface area contributed by atoms with Crippen molar-refractivity contribution in [3.8, 4) is 0 Å². The molecule has 2 nitrogen and oxygen atoms in total. The average Bonchev–Trinajstić information content (AvgIpc) is 2.02. The van der Waals surface area contributed by atoms with Crippen molar-refractivity contribution in [3.63, 3.8) is 0 Å². The molecule has 0 N–H and O–H groups in total. The van der Waals surface area contributed by atoms with Crippen molar-refractivity contribution in [1.82, 2.24) is 0 Å². The third kappa shape index (κ3) is 2.41. The van der Waals surface area contributed by atoms with Gasteiger partial charge in [0, 0.05) is 5.02 Å². The zero-order valence-electron chi connectivity index (χ0n) is 6.11. The second-order valence-electron chi connectivity index (χ2n) is 2.18. The molecule has 6 heteroatoms. The minimum Gasteiger partial charge on any atom is -0.234 e. The van der Waals surface area contributed by atoms with Gasteiger partial charge in [-0.2, -0.15) is 0 Å². The fourth-order valence-electron chi connectivity index (χ4n) is 0.810. The Morgan fingerprint density at radius 2 is 1.62 bits per heavy atom. The molecule has 0 fully saturated rings. The minimum atomic E-state index is -1.10. The Bertz CT molecular complexity index is 355. The van der Waals surface area contributed by atoms with Gasteiger partial charge in [-0.25, -0.2) is 4.79 Å². The zero-order valence-corrected chi connectivity index (χ0v) is 9.37. The first-order valence-corrected chi connectivity index (χ1v) is 5.17. The zero-order chi connectivity index (χ0) is 10.0. The molecule has 0 spiro atoms. The van der Waals surface area contributed by atoms with E-state index in [9.17, 15) is 9.36 Å². The van der Waals surface area contributed by atoms with Gasteiger partial charge in [-0.15, -0.1) is 0 Å². The largest absolute Gasteiger partial charge is 0.406 e. The topological polar surface area (TPSA) is 34.1 Å². The van der Waals surface area contributed by atoms with Crippen molar-refractivity contribution >= 4 is 48.8 Å². The molecule has 0 aliphatic rings. The summed E-state index contributed by atoms with van der Waals surface area (Å²) in [5.41, 5.74) is -0.548. The molecule has 1 unspecified atom stereocenters. The molecule has 1 atom stereocenters. The number of hydrogen-bond acceptors (Lipinski definition) is 2. The van der Waals surface area contributed by atoms with Gasteiger partial charge in [-0.3, -0.25) is 0 Å². The van der Waals surface area contributed by atoms with Crippen LogP contribution in [0.25, 0.3) is 0 Å². The van der Waals surface area contributed by atoms with E-state index < -0.39 is 14.0 Å². The van der Waals surface area contributed by atoms with Crippen molar-refractivity contribution in [1.29, 1.82) is 0 Å². The fourth-order valence-corrected chi connectivity index (χ4v) is 2.33. The first-order valence-electron chi connectivity index (χ1n) is 3.13. The first-order chi connectivity index (χ1) is 6.06. The summed E-state index contributed by atoms with van der Waals surface area (Å²) in [4.78, 5) is 11.1. The lowest BCUT2D eigenvalue weighted by Gasteiger charge is -1.99. The number of benzene rings is 1. The molecular weight excluding hydrogens is 253 g/mol. The van der Waals surface area contributed by atoms with Crippen molar-refractivity contribution in [2.75, 3.05) is 0 Å². The smallest absolute Gasteiger partial charge is 0.234 e. The molecule has 0 aliphatic heterocycles. The van der Waals surface area contributed by atoms with Crippen LogP contribution in [0.15, 0.2) is 12.1 Å². The Hall–Kier alpha value is -0.140. The van der Waals surface area contributed by atoms with Crippen LogP contribution in [-0.4, -0.2) is 5.52 Å². The van der Waals surface area contributed by atoms with Crippen molar-refractivity contribution in [2.24, 2.45) is 0 Å².